The Bertz CT molecular complexity index is 1820. The summed E-state index contributed by atoms with van der Waals surface area (Å²) in [5.74, 6) is -2.50. The van der Waals surface area contributed by atoms with Gasteiger partial charge in [-0.3, -0.25) is 14.4 Å². The SMILES string of the molecule is CC(=O)N[C@H]1[C@H](OC[C@@H](O)[C@H](O)[C@@H](O[C@@H]2O[C@H](CO)[C@H](O)[C@H](O[C@@H]3O[C@H](CO)[C@@H](O[C@@H]4O[C@H](CO)[C@H](O)[C@H](O)[C@H]4O)[C@H](O)[C@H]3NC(C)=O)[C@H]2O)[C@H](CO)NC(C)=O)O[C@H](CO)[C@@H](O[C@@H]2O[C@H](CO)[C@H](O)[C@H](O)[C@H]2O)[C@@H]1O. The van der Waals surface area contributed by atoms with Gasteiger partial charge in [0, 0.05) is 20.8 Å². The molecular formula is C42H73N3O31. The molecular weight excluding hydrogens is 1040 g/mol. The van der Waals surface area contributed by atoms with E-state index in [-0.39, 0.29) is 0 Å². The topological polar surface area (TPSA) is 544 Å². The van der Waals surface area contributed by atoms with Gasteiger partial charge in [-0.05, 0) is 0 Å². The van der Waals surface area contributed by atoms with Gasteiger partial charge in [-0.2, -0.15) is 0 Å². The molecule has 29 atom stereocenters. The van der Waals surface area contributed by atoms with E-state index >= 15 is 0 Å². The van der Waals surface area contributed by atoms with Gasteiger partial charge in [0.25, 0.3) is 0 Å². The third kappa shape index (κ3) is 14.8. The minimum Gasteiger partial charge on any atom is -0.394 e. The molecule has 0 aromatic rings. The van der Waals surface area contributed by atoms with Gasteiger partial charge >= 0.3 is 0 Å². The first kappa shape index (κ1) is 64.1. The summed E-state index contributed by atoms with van der Waals surface area (Å²) in [6.45, 7) is -3.87. The van der Waals surface area contributed by atoms with E-state index < -0.39 is 242 Å². The van der Waals surface area contributed by atoms with Crippen molar-refractivity contribution in [1.29, 1.82) is 0 Å². The fraction of sp³-hybridized carbons (Fsp3) is 0.929. The molecule has 0 aromatic heterocycles. The maximum atomic E-state index is 12.5. The first-order chi connectivity index (χ1) is 35.9. The van der Waals surface area contributed by atoms with Gasteiger partial charge in [0.15, 0.2) is 31.5 Å². The Morgan fingerprint density at radius 1 is 0.447 bits per heavy atom. The van der Waals surface area contributed by atoms with E-state index in [9.17, 15) is 106 Å². The minimum absolute atomic E-state index is 0.805. The van der Waals surface area contributed by atoms with Crippen LogP contribution in [0.3, 0.4) is 0 Å². The van der Waals surface area contributed by atoms with Gasteiger partial charge in [-0.25, -0.2) is 0 Å². The Hall–Kier alpha value is -2.71. The molecule has 5 saturated heterocycles. The summed E-state index contributed by atoms with van der Waals surface area (Å²) >= 11 is 0. The van der Waals surface area contributed by atoms with Crippen LogP contribution in [-0.2, 0) is 61.8 Å². The Labute approximate surface area is 431 Å². The average molecular weight is 1120 g/mol. The number of carbonyl (C=O) groups excluding carboxylic acids is 3. The van der Waals surface area contributed by atoms with Crippen LogP contribution in [0.25, 0.3) is 0 Å². The molecule has 5 heterocycles. The number of carbonyl (C=O) groups is 3. The van der Waals surface area contributed by atoms with Gasteiger partial charge in [-0.1, -0.05) is 0 Å². The number of nitrogens with one attached hydrogen (secondary N) is 3. The van der Waals surface area contributed by atoms with E-state index in [1.807, 2.05) is 0 Å². The first-order valence-corrected chi connectivity index (χ1v) is 24.0. The quantitative estimate of drug-likeness (QED) is 0.0452. The Kier molecular flexibility index (Phi) is 24.1. The molecule has 34 nitrogen and oxygen atoms in total. The number of aliphatic hydroxyl groups is 18. The summed E-state index contributed by atoms with van der Waals surface area (Å²) < 4.78 is 56.7. The van der Waals surface area contributed by atoms with E-state index in [1.165, 1.54) is 0 Å². The molecule has 5 aliphatic rings. The van der Waals surface area contributed by atoms with Crippen molar-refractivity contribution in [2.45, 2.75) is 199 Å². The predicted molar refractivity (Wildman–Crippen MR) is 236 cm³/mol. The molecule has 76 heavy (non-hydrogen) atoms. The smallest absolute Gasteiger partial charge is 0.217 e. The second-order valence-corrected chi connectivity index (χ2v) is 18.8. The van der Waals surface area contributed by atoms with Crippen molar-refractivity contribution < 1.29 is 154 Å². The first-order valence-electron chi connectivity index (χ1n) is 24.0. The van der Waals surface area contributed by atoms with Gasteiger partial charge in [0.2, 0.25) is 17.7 Å². The number of aliphatic hydroxyl groups excluding tert-OH is 18. The molecule has 0 spiro atoms. The zero-order valence-corrected chi connectivity index (χ0v) is 41.0. The molecule has 0 aromatic carbocycles. The van der Waals surface area contributed by atoms with Crippen LogP contribution >= 0.6 is 0 Å². The van der Waals surface area contributed by atoms with Crippen molar-refractivity contribution in [1.82, 2.24) is 16.0 Å². The molecule has 5 rings (SSSR count). The zero-order chi connectivity index (χ0) is 56.6. The second-order valence-electron chi connectivity index (χ2n) is 18.8. The van der Waals surface area contributed by atoms with Gasteiger partial charge in [-0.15, -0.1) is 0 Å². The van der Waals surface area contributed by atoms with Crippen LogP contribution in [0.15, 0.2) is 0 Å². The third-order valence-electron chi connectivity index (χ3n) is 13.3. The van der Waals surface area contributed by atoms with Crippen molar-refractivity contribution in [3.63, 3.8) is 0 Å². The number of ether oxygens (including phenoxy) is 10. The highest BCUT2D eigenvalue weighted by Crippen LogP contribution is 2.35. The Balaban J connectivity index is 1.35. The van der Waals surface area contributed by atoms with E-state index in [1.54, 1.807) is 0 Å². The average Bonchev–Trinajstić information content (AvgIpc) is 3.38. The summed E-state index contributed by atoms with van der Waals surface area (Å²) in [4.78, 5) is 37.2. The molecule has 442 valence electrons. The van der Waals surface area contributed by atoms with E-state index in [4.69, 9.17) is 47.4 Å². The van der Waals surface area contributed by atoms with Crippen molar-refractivity contribution in [2.24, 2.45) is 0 Å². The molecule has 3 amide bonds. The summed E-state index contributed by atoms with van der Waals surface area (Å²) in [5, 5.41) is 199. The van der Waals surface area contributed by atoms with Gasteiger partial charge in [0.1, 0.15) is 140 Å². The lowest BCUT2D eigenvalue weighted by Crippen LogP contribution is -2.69. The predicted octanol–water partition coefficient (Wildman–Crippen LogP) is -14.0. The number of hydrogen-bond acceptors (Lipinski definition) is 31. The monoisotopic (exact) mass is 1120 g/mol. The van der Waals surface area contributed by atoms with Crippen LogP contribution in [0, 0.1) is 0 Å². The molecule has 0 bridgehead atoms. The van der Waals surface area contributed by atoms with Crippen molar-refractivity contribution in [3.8, 4) is 0 Å². The number of amides is 3. The van der Waals surface area contributed by atoms with E-state index in [0.717, 1.165) is 20.8 Å². The Morgan fingerprint density at radius 3 is 1.26 bits per heavy atom. The lowest BCUT2D eigenvalue weighted by Gasteiger charge is -2.49. The van der Waals surface area contributed by atoms with Crippen LogP contribution in [0.1, 0.15) is 20.8 Å². The zero-order valence-electron chi connectivity index (χ0n) is 41.0. The summed E-state index contributed by atoms with van der Waals surface area (Å²) in [5.41, 5.74) is 0. The van der Waals surface area contributed by atoms with Crippen molar-refractivity contribution in [3.05, 3.63) is 0 Å². The standard InChI is InChI=1S/C42H73N3O31/c1-11(52)43-14(4-46)34(23(56)15(55)10-67-38-21(44-12(2)53)27(60)35(19(8-50)71-38)74-40-31(64)29(62)24(57)16(5-47)68-40)73-42-33(66)37(26(59)18(7-49)70-42)76-39-22(45-13(3)54)28(61)36(20(9-51)72-39)75-41-32(65)30(63)25(58)17(6-48)69-41/h14-42,46-51,55-66H,4-10H2,1-3H3,(H,43,52)(H,44,53)(H,45,54)/t14-,15+,16+,17+,18+,19+,20+,21+,22+,23-,24-,25-,26-,27+,28+,29-,30-,31+,32+,33+,34-,35+,36+,37-,38+,39-,40-,41-,42-/m0/s1. The second kappa shape index (κ2) is 28.6. The highest BCUT2D eigenvalue weighted by Gasteiger charge is 2.56. The summed E-state index contributed by atoms with van der Waals surface area (Å²) in [7, 11) is 0. The number of rotatable bonds is 23. The molecule has 0 unspecified atom stereocenters. The molecule has 5 fully saturated rings. The van der Waals surface area contributed by atoms with E-state index in [2.05, 4.69) is 16.0 Å². The lowest BCUT2D eigenvalue weighted by molar-refractivity contribution is -0.372. The van der Waals surface area contributed by atoms with Crippen LogP contribution < -0.4 is 16.0 Å². The highest BCUT2D eigenvalue weighted by molar-refractivity contribution is 5.74. The molecule has 0 aliphatic carbocycles. The normalized spacial score (nSPS) is 43.8. The maximum Gasteiger partial charge on any atom is 0.217 e. The largest absolute Gasteiger partial charge is 0.394 e. The fourth-order valence-electron chi connectivity index (χ4n) is 9.23. The third-order valence-corrected chi connectivity index (χ3v) is 13.3. The highest BCUT2D eigenvalue weighted by atomic mass is 16.8. The van der Waals surface area contributed by atoms with Crippen LogP contribution in [0.5, 0.6) is 0 Å². The molecule has 5 aliphatic heterocycles. The van der Waals surface area contributed by atoms with Gasteiger partial charge in [0.05, 0.1) is 52.3 Å². The molecule has 34 heteroatoms. The van der Waals surface area contributed by atoms with Crippen LogP contribution in [0.4, 0.5) is 0 Å². The summed E-state index contributed by atoms with van der Waals surface area (Å²) in [6.07, 6.45) is -49.6. The summed E-state index contributed by atoms with van der Waals surface area (Å²) in [6, 6.07) is -5.13. The molecule has 0 radical (unpaired) electrons. The van der Waals surface area contributed by atoms with Gasteiger partial charge < -0.3 is 155 Å². The van der Waals surface area contributed by atoms with Crippen LogP contribution in [0.2, 0.25) is 0 Å². The maximum absolute atomic E-state index is 12.5. The fourth-order valence-corrected chi connectivity index (χ4v) is 9.23. The molecule has 0 saturated carbocycles. The minimum atomic E-state index is -2.32. The van der Waals surface area contributed by atoms with E-state index in [0.29, 0.717) is 0 Å². The van der Waals surface area contributed by atoms with Crippen molar-refractivity contribution in [2.75, 3.05) is 46.2 Å². The number of hydrogen-bond donors (Lipinski definition) is 21. The lowest BCUT2D eigenvalue weighted by atomic mass is 9.94. The molecule has 21 N–H and O–H groups in total. The van der Waals surface area contributed by atoms with Crippen molar-refractivity contribution >= 4 is 17.7 Å². The van der Waals surface area contributed by atoms with Crippen LogP contribution in [-0.4, -0.2) is 334 Å². The Morgan fingerprint density at radius 2 is 0.842 bits per heavy atom.